The van der Waals surface area contributed by atoms with Gasteiger partial charge in [-0.25, -0.2) is 0 Å². The Morgan fingerprint density at radius 2 is 1.86 bits per heavy atom. The molecule has 0 aromatic carbocycles. The molecule has 0 fully saturated rings. The van der Waals surface area contributed by atoms with Crippen molar-refractivity contribution < 1.29 is 0 Å². The Balaban J connectivity index is 2.45. The average Bonchev–Trinajstić information content (AvgIpc) is 1.69. The van der Waals surface area contributed by atoms with Gasteiger partial charge >= 0.3 is 0 Å². The summed E-state index contributed by atoms with van der Waals surface area (Å²) in [5.74, 6) is 0. The van der Waals surface area contributed by atoms with Gasteiger partial charge in [0.05, 0.1) is 0 Å². The van der Waals surface area contributed by atoms with Crippen molar-refractivity contribution in [3.05, 3.63) is 0 Å². The van der Waals surface area contributed by atoms with Crippen molar-refractivity contribution in [2.24, 2.45) is 0 Å². The molecular formula is CH10P6. The summed E-state index contributed by atoms with van der Waals surface area (Å²) in [5, 5.41) is 0. The van der Waals surface area contributed by atoms with Crippen molar-refractivity contribution in [2.75, 3.05) is 6.66 Å². The van der Waals surface area contributed by atoms with E-state index in [0.717, 1.165) is 7.96 Å². The first kappa shape index (κ1) is 9.58. The van der Waals surface area contributed by atoms with Gasteiger partial charge in [0.15, 0.2) is 0 Å². The van der Waals surface area contributed by atoms with Crippen LogP contribution in [0.3, 0.4) is 0 Å². The molecule has 0 nitrogen and oxygen atoms in total. The van der Waals surface area contributed by atoms with Crippen LogP contribution in [0.15, 0.2) is 0 Å². The molecule has 0 amide bonds. The summed E-state index contributed by atoms with van der Waals surface area (Å²) in [6.07, 6.45) is 0. The van der Waals surface area contributed by atoms with Crippen LogP contribution in [0.2, 0.25) is 0 Å². The highest BCUT2D eigenvalue weighted by Gasteiger charge is 1.78. The second kappa shape index (κ2) is 8.58. The highest BCUT2D eigenvalue weighted by Crippen LogP contribution is 2.69. The summed E-state index contributed by atoms with van der Waals surface area (Å²) in [6, 6.07) is 0. The molecule has 6 atom stereocenters. The molecule has 0 aromatic heterocycles. The highest BCUT2D eigenvalue weighted by molar-refractivity contribution is 8.74. The Kier molecular flexibility index (Phi) is 11.7. The van der Waals surface area contributed by atoms with E-state index in [9.17, 15) is 0 Å². The predicted octanol–water partition coefficient (Wildman–Crippen LogP) is 3.46. The van der Waals surface area contributed by atoms with Crippen LogP contribution >= 0.6 is 49.0 Å². The van der Waals surface area contributed by atoms with Crippen LogP contribution < -0.4 is 0 Å². The van der Waals surface area contributed by atoms with Gasteiger partial charge in [-0.1, -0.05) is 40.1 Å². The lowest BCUT2D eigenvalue weighted by Crippen LogP contribution is -1.11. The van der Waals surface area contributed by atoms with Gasteiger partial charge in [0, 0.05) is 0 Å². The van der Waals surface area contributed by atoms with Crippen LogP contribution in [-0.4, -0.2) is 6.66 Å². The van der Waals surface area contributed by atoms with E-state index in [1.165, 1.54) is 32.1 Å². The van der Waals surface area contributed by atoms with Crippen LogP contribution in [0.25, 0.3) is 0 Å². The minimum Gasteiger partial charge on any atom is -0.110 e. The third kappa shape index (κ3) is 8.58. The lowest BCUT2D eigenvalue weighted by Gasteiger charge is -1.92. The minimum atomic E-state index is 1.14. The molecule has 44 valence electrons. The molecule has 7 heavy (non-hydrogen) atoms. The largest absolute Gasteiger partial charge is 0.110 e. The van der Waals surface area contributed by atoms with E-state index in [1.807, 2.05) is 0 Å². The number of hydrogen-bond donors (Lipinski definition) is 0. The molecule has 6 unspecified atom stereocenters. The van der Waals surface area contributed by atoms with E-state index >= 15 is 0 Å². The monoisotopic (exact) mass is 208 g/mol. The van der Waals surface area contributed by atoms with E-state index in [4.69, 9.17) is 0 Å². The predicted molar refractivity (Wildman–Crippen MR) is 57.2 cm³/mol. The molecule has 0 aliphatic heterocycles. The highest BCUT2D eigenvalue weighted by atomic mass is 32.8. The molecule has 0 bridgehead atoms. The van der Waals surface area contributed by atoms with Crippen LogP contribution in [0.1, 0.15) is 0 Å². The van der Waals surface area contributed by atoms with Gasteiger partial charge in [0.1, 0.15) is 0 Å². The Morgan fingerprint density at radius 3 is 2.29 bits per heavy atom. The van der Waals surface area contributed by atoms with E-state index in [-0.39, 0.29) is 0 Å². The Hall–Kier alpha value is 2.58. The lowest BCUT2D eigenvalue weighted by atomic mass is 12.0. The van der Waals surface area contributed by atoms with Crippen LogP contribution in [0.5, 0.6) is 0 Å². The molecule has 0 aliphatic carbocycles. The number of hydrogen-bond acceptors (Lipinski definition) is 0. The SMILES string of the molecule is CPPPPPP. The summed E-state index contributed by atoms with van der Waals surface area (Å²) >= 11 is 0. The molecule has 0 aliphatic rings. The molecular weight excluding hydrogens is 198 g/mol. The zero-order valence-corrected chi connectivity index (χ0v) is 10.2. The van der Waals surface area contributed by atoms with Gasteiger partial charge < -0.3 is 0 Å². The standard InChI is InChI=1S/CH10P6/c1-3-5-7-6-4-2/h3-7H,2H2,1H3. The van der Waals surface area contributed by atoms with Crippen molar-refractivity contribution >= 4 is 49.0 Å². The van der Waals surface area contributed by atoms with Gasteiger partial charge in [-0.15, -0.1) is 8.93 Å². The van der Waals surface area contributed by atoms with Gasteiger partial charge in [0.2, 0.25) is 0 Å². The topological polar surface area (TPSA) is 0 Å². The maximum atomic E-state index is 2.80. The zero-order valence-electron chi connectivity index (χ0n) is 4.08. The van der Waals surface area contributed by atoms with E-state index in [1.54, 1.807) is 0 Å². The first-order valence-corrected chi connectivity index (χ1v) is 13.1. The molecule has 0 rings (SSSR count). The van der Waals surface area contributed by atoms with Crippen LogP contribution in [0, 0.1) is 0 Å². The molecule has 0 N–H and O–H groups in total. The fourth-order valence-corrected chi connectivity index (χ4v) is 21.4. The van der Waals surface area contributed by atoms with E-state index in [2.05, 4.69) is 15.6 Å². The summed E-state index contributed by atoms with van der Waals surface area (Å²) in [6.45, 7) is 2.29. The van der Waals surface area contributed by atoms with Crippen molar-refractivity contribution in [3.63, 3.8) is 0 Å². The van der Waals surface area contributed by atoms with Gasteiger partial charge in [-0.05, 0) is 6.66 Å². The number of rotatable bonds is 4. The molecule has 0 saturated heterocycles. The third-order valence-electron chi connectivity index (χ3n) is 0.322. The second-order valence-electron chi connectivity index (χ2n) is 0.769. The summed E-state index contributed by atoms with van der Waals surface area (Å²) in [4.78, 5) is 0. The molecule has 0 saturated carbocycles. The molecule has 0 radical (unpaired) electrons. The Bertz CT molecular complexity index is 23.4. The van der Waals surface area contributed by atoms with E-state index < -0.39 is 0 Å². The van der Waals surface area contributed by atoms with Crippen molar-refractivity contribution in [1.82, 2.24) is 0 Å². The van der Waals surface area contributed by atoms with Crippen molar-refractivity contribution in [1.29, 1.82) is 0 Å². The Morgan fingerprint density at radius 1 is 1.14 bits per heavy atom. The first-order chi connectivity index (χ1) is 3.41. The van der Waals surface area contributed by atoms with Crippen molar-refractivity contribution in [3.8, 4) is 0 Å². The maximum Gasteiger partial charge on any atom is -0.0432 e. The van der Waals surface area contributed by atoms with Gasteiger partial charge in [-0.2, -0.15) is 0 Å². The fourth-order valence-electron chi connectivity index (χ4n) is 0.130. The smallest absolute Gasteiger partial charge is 0.0432 e. The molecule has 0 aromatic rings. The zero-order chi connectivity index (χ0) is 5.54. The first-order valence-electron chi connectivity index (χ1n) is 1.79. The Labute approximate surface area is 56.1 Å². The summed E-state index contributed by atoms with van der Waals surface area (Å²) < 4.78 is 0. The van der Waals surface area contributed by atoms with Gasteiger partial charge in [-0.3, -0.25) is 0 Å². The lowest BCUT2D eigenvalue weighted by molar-refractivity contribution is 2.51. The fraction of sp³-hybridized carbons (Fsp3) is 1.00. The van der Waals surface area contributed by atoms with E-state index in [0.29, 0.717) is 0 Å². The quantitative estimate of drug-likeness (QED) is 0.490. The van der Waals surface area contributed by atoms with Crippen LogP contribution in [0.4, 0.5) is 0 Å². The second-order valence-corrected chi connectivity index (χ2v) is 16.3. The third-order valence-corrected chi connectivity index (χ3v) is 19.3. The average molecular weight is 208 g/mol. The normalized spacial score (nSPS) is 18.0. The van der Waals surface area contributed by atoms with Crippen molar-refractivity contribution in [2.45, 2.75) is 0 Å². The summed E-state index contributed by atoms with van der Waals surface area (Å²) in [7, 11) is 8.98. The maximum absolute atomic E-state index is 2.80. The van der Waals surface area contributed by atoms with Gasteiger partial charge in [0.25, 0.3) is 0 Å². The molecule has 0 spiro atoms. The summed E-state index contributed by atoms with van der Waals surface area (Å²) in [5.41, 5.74) is 0. The molecule has 0 heterocycles. The molecule has 6 heteroatoms. The van der Waals surface area contributed by atoms with Crippen LogP contribution in [-0.2, 0) is 0 Å². The minimum absolute atomic E-state index is 1.14.